The van der Waals surface area contributed by atoms with E-state index >= 15 is 0 Å². The van der Waals surface area contributed by atoms with Gasteiger partial charge in [0.05, 0.1) is 19.3 Å². The molecule has 1 saturated heterocycles. The van der Waals surface area contributed by atoms with Gasteiger partial charge in [-0.05, 0) is 22.0 Å². The van der Waals surface area contributed by atoms with Crippen LogP contribution in [-0.2, 0) is 4.74 Å². The molecule has 1 aliphatic rings. The lowest BCUT2D eigenvalue weighted by atomic mass is 10.1. The fraction of sp³-hybridized carbons (Fsp3) is 0.444. The molecule has 0 spiro atoms. The first-order chi connectivity index (χ1) is 6.38. The van der Waals surface area contributed by atoms with Crippen LogP contribution in [0.3, 0.4) is 0 Å². The van der Waals surface area contributed by atoms with E-state index in [4.69, 9.17) is 4.74 Å². The topological polar surface area (TPSA) is 34.1 Å². The summed E-state index contributed by atoms with van der Waals surface area (Å²) in [6.07, 6.45) is 1.78. The minimum atomic E-state index is 0. The Balaban J connectivity index is 0.000000980. The Kier molecular flexibility index (Phi) is 4.81. The molecule has 1 fully saturated rings. The van der Waals surface area contributed by atoms with Gasteiger partial charge < -0.3 is 10.1 Å². The third-order valence-corrected chi connectivity index (χ3v) is 2.75. The summed E-state index contributed by atoms with van der Waals surface area (Å²) in [5, 5.41) is 3.38. The maximum absolute atomic E-state index is 5.38. The zero-order valence-corrected chi connectivity index (χ0v) is 9.97. The van der Waals surface area contributed by atoms with E-state index in [2.05, 4.69) is 32.3 Å². The average molecular weight is 280 g/mol. The van der Waals surface area contributed by atoms with Gasteiger partial charge in [-0.3, -0.25) is 0 Å². The monoisotopic (exact) mass is 278 g/mol. The van der Waals surface area contributed by atoms with Gasteiger partial charge in [0, 0.05) is 18.3 Å². The van der Waals surface area contributed by atoms with Crippen molar-refractivity contribution in [1.29, 1.82) is 0 Å². The quantitative estimate of drug-likeness (QED) is 0.798. The van der Waals surface area contributed by atoms with Crippen LogP contribution in [-0.4, -0.2) is 24.7 Å². The molecule has 0 saturated carbocycles. The van der Waals surface area contributed by atoms with Crippen molar-refractivity contribution in [3.05, 3.63) is 28.5 Å². The molecule has 0 aliphatic carbocycles. The number of rotatable bonds is 1. The van der Waals surface area contributed by atoms with Crippen molar-refractivity contribution in [3.63, 3.8) is 0 Å². The third-order valence-electron chi connectivity index (χ3n) is 2.09. The van der Waals surface area contributed by atoms with Crippen LogP contribution in [0, 0.1) is 0 Å². The van der Waals surface area contributed by atoms with Gasteiger partial charge in [0.25, 0.3) is 0 Å². The fourth-order valence-corrected chi connectivity index (χ4v) is 1.95. The molecule has 0 bridgehead atoms. The predicted octanol–water partition coefficient (Wildman–Crippen LogP) is 1.93. The second-order valence-corrected chi connectivity index (χ2v) is 3.72. The minimum absolute atomic E-state index is 0. The van der Waals surface area contributed by atoms with E-state index in [0.29, 0.717) is 0 Å². The lowest BCUT2D eigenvalue weighted by Gasteiger charge is -2.24. The lowest BCUT2D eigenvalue weighted by molar-refractivity contribution is 0.0765. The first-order valence-electron chi connectivity index (χ1n) is 4.29. The van der Waals surface area contributed by atoms with Gasteiger partial charge in [0.15, 0.2) is 0 Å². The average Bonchev–Trinajstić information content (AvgIpc) is 2.20. The second kappa shape index (κ2) is 5.66. The summed E-state index contributed by atoms with van der Waals surface area (Å²) in [6.45, 7) is 2.44. The largest absolute Gasteiger partial charge is 0.378 e. The van der Waals surface area contributed by atoms with Gasteiger partial charge in [-0.25, -0.2) is 4.98 Å². The Morgan fingerprint density at radius 3 is 3.07 bits per heavy atom. The molecule has 5 heteroatoms. The zero-order valence-electron chi connectivity index (χ0n) is 7.57. The molecule has 1 aromatic heterocycles. The van der Waals surface area contributed by atoms with Crippen LogP contribution in [0.25, 0.3) is 0 Å². The molecule has 1 aromatic rings. The smallest absolute Gasteiger partial charge is 0.110 e. The number of hydrogen-bond donors (Lipinski definition) is 1. The van der Waals surface area contributed by atoms with Crippen molar-refractivity contribution >= 4 is 28.3 Å². The molecule has 2 heterocycles. The van der Waals surface area contributed by atoms with E-state index < -0.39 is 0 Å². The molecular formula is C9H12BrClN2O. The summed E-state index contributed by atoms with van der Waals surface area (Å²) < 4.78 is 6.28. The Labute approximate surface area is 97.8 Å². The molecule has 2 rings (SSSR count). The summed E-state index contributed by atoms with van der Waals surface area (Å²) in [5.74, 6) is 0. The van der Waals surface area contributed by atoms with E-state index in [1.807, 2.05) is 6.07 Å². The lowest BCUT2D eigenvalue weighted by Crippen LogP contribution is -2.34. The summed E-state index contributed by atoms with van der Waals surface area (Å²) in [5.41, 5.74) is 1.17. The van der Waals surface area contributed by atoms with Gasteiger partial charge in [-0.1, -0.05) is 6.07 Å². The maximum atomic E-state index is 5.38. The Morgan fingerprint density at radius 2 is 2.43 bits per heavy atom. The van der Waals surface area contributed by atoms with E-state index in [9.17, 15) is 0 Å². The number of pyridine rings is 1. The van der Waals surface area contributed by atoms with Crippen molar-refractivity contribution in [2.45, 2.75) is 6.04 Å². The Hall–Kier alpha value is -0.160. The standard InChI is InChI=1S/C9H11BrN2O.ClH/c10-9-7(2-1-3-12-9)8-6-13-5-4-11-8;/h1-3,8,11H,4-6H2;1H/t8-;/m0./s1. The summed E-state index contributed by atoms with van der Waals surface area (Å²) in [4.78, 5) is 4.18. The van der Waals surface area contributed by atoms with Crippen molar-refractivity contribution in [1.82, 2.24) is 10.3 Å². The molecule has 14 heavy (non-hydrogen) atoms. The van der Waals surface area contributed by atoms with Crippen molar-refractivity contribution in [2.24, 2.45) is 0 Å². The molecule has 3 nitrogen and oxygen atoms in total. The number of hydrogen-bond acceptors (Lipinski definition) is 3. The maximum Gasteiger partial charge on any atom is 0.110 e. The molecule has 1 atom stereocenters. The summed E-state index contributed by atoms with van der Waals surface area (Å²) >= 11 is 3.43. The Morgan fingerprint density at radius 1 is 1.57 bits per heavy atom. The van der Waals surface area contributed by atoms with Crippen LogP contribution in [0.4, 0.5) is 0 Å². The van der Waals surface area contributed by atoms with Gasteiger partial charge in [0.1, 0.15) is 4.60 Å². The molecule has 0 amide bonds. The number of morpholine rings is 1. The number of nitrogens with one attached hydrogen (secondary N) is 1. The highest BCUT2D eigenvalue weighted by atomic mass is 79.9. The SMILES string of the molecule is Brc1ncccc1[C@@H]1COCCN1.Cl. The normalized spacial score (nSPS) is 21.4. The van der Waals surface area contributed by atoms with E-state index in [-0.39, 0.29) is 18.4 Å². The van der Waals surface area contributed by atoms with E-state index in [1.54, 1.807) is 6.20 Å². The van der Waals surface area contributed by atoms with Gasteiger partial charge >= 0.3 is 0 Å². The van der Waals surface area contributed by atoms with Gasteiger partial charge in [-0.15, -0.1) is 12.4 Å². The predicted molar refractivity (Wildman–Crippen MR) is 60.7 cm³/mol. The van der Waals surface area contributed by atoms with Crippen LogP contribution in [0.15, 0.2) is 22.9 Å². The first-order valence-corrected chi connectivity index (χ1v) is 5.09. The zero-order chi connectivity index (χ0) is 9.10. The number of halogens is 2. The number of aromatic nitrogens is 1. The highest BCUT2D eigenvalue weighted by Crippen LogP contribution is 2.22. The number of ether oxygens (including phenoxy) is 1. The molecular weight excluding hydrogens is 267 g/mol. The van der Waals surface area contributed by atoms with Crippen molar-refractivity contribution < 1.29 is 4.74 Å². The highest BCUT2D eigenvalue weighted by molar-refractivity contribution is 9.10. The molecule has 1 aliphatic heterocycles. The molecule has 0 unspecified atom stereocenters. The van der Waals surface area contributed by atoms with Crippen LogP contribution >= 0.6 is 28.3 Å². The van der Waals surface area contributed by atoms with E-state index in [1.165, 1.54) is 5.56 Å². The number of nitrogens with zero attached hydrogens (tertiary/aromatic N) is 1. The molecule has 78 valence electrons. The summed E-state index contributed by atoms with van der Waals surface area (Å²) in [6, 6.07) is 4.27. The van der Waals surface area contributed by atoms with Gasteiger partial charge in [-0.2, -0.15) is 0 Å². The minimum Gasteiger partial charge on any atom is -0.378 e. The Bertz CT molecular complexity index is 292. The highest BCUT2D eigenvalue weighted by Gasteiger charge is 2.17. The first kappa shape index (κ1) is 11.9. The molecule has 0 radical (unpaired) electrons. The van der Waals surface area contributed by atoms with Crippen molar-refractivity contribution in [2.75, 3.05) is 19.8 Å². The van der Waals surface area contributed by atoms with Gasteiger partial charge in [0.2, 0.25) is 0 Å². The van der Waals surface area contributed by atoms with Crippen LogP contribution < -0.4 is 5.32 Å². The van der Waals surface area contributed by atoms with Crippen molar-refractivity contribution in [3.8, 4) is 0 Å². The van der Waals surface area contributed by atoms with Crippen LogP contribution in [0.2, 0.25) is 0 Å². The summed E-state index contributed by atoms with van der Waals surface area (Å²) in [7, 11) is 0. The second-order valence-electron chi connectivity index (χ2n) is 2.97. The van der Waals surface area contributed by atoms with Crippen LogP contribution in [0.1, 0.15) is 11.6 Å². The fourth-order valence-electron chi connectivity index (χ4n) is 1.42. The van der Waals surface area contributed by atoms with E-state index in [0.717, 1.165) is 24.4 Å². The van der Waals surface area contributed by atoms with Crippen LogP contribution in [0.5, 0.6) is 0 Å². The molecule has 0 aromatic carbocycles. The third kappa shape index (κ3) is 2.67. The molecule has 1 N–H and O–H groups in total.